The van der Waals surface area contributed by atoms with E-state index in [0.717, 1.165) is 5.56 Å². The molecular formula is C12H12ClNO2. The Morgan fingerprint density at radius 3 is 2.75 bits per heavy atom. The zero-order chi connectivity index (χ0) is 11.8. The third-order valence-electron chi connectivity index (χ3n) is 1.81. The van der Waals surface area contributed by atoms with Gasteiger partial charge in [-0.1, -0.05) is 29.7 Å². The maximum Gasteiger partial charge on any atom is 0.320 e. The van der Waals surface area contributed by atoms with E-state index in [1.54, 1.807) is 12.1 Å². The van der Waals surface area contributed by atoms with E-state index in [4.69, 9.17) is 22.8 Å². The minimum Gasteiger partial charge on any atom is -0.460 e. The normalized spacial score (nSPS) is 9.50. The average Bonchev–Trinajstić information content (AvgIpc) is 2.29. The summed E-state index contributed by atoms with van der Waals surface area (Å²) in [4.78, 5) is 11.2. The van der Waals surface area contributed by atoms with Crippen LogP contribution in [0.4, 0.5) is 0 Å². The second-order valence-electron chi connectivity index (χ2n) is 3.09. The number of hydrogen-bond acceptors (Lipinski definition) is 3. The van der Waals surface area contributed by atoms with Crippen LogP contribution in [0.2, 0.25) is 5.02 Å². The van der Waals surface area contributed by atoms with E-state index in [2.05, 4.69) is 11.2 Å². The van der Waals surface area contributed by atoms with Crippen LogP contribution in [-0.4, -0.2) is 19.1 Å². The molecule has 0 aliphatic carbocycles. The van der Waals surface area contributed by atoms with E-state index in [-0.39, 0.29) is 19.1 Å². The van der Waals surface area contributed by atoms with Crippen molar-refractivity contribution in [3.05, 3.63) is 34.9 Å². The molecule has 0 aliphatic rings. The quantitative estimate of drug-likeness (QED) is 0.480. The molecule has 0 bridgehead atoms. The number of carbonyl (C=O) groups is 1. The summed E-state index contributed by atoms with van der Waals surface area (Å²) in [5.74, 6) is 2.04. The van der Waals surface area contributed by atoms with Crippen molar-refractivity contribution in [1.82, 2.24) is 5.32 Å². The van der Waals surface area contributed by atoms with Gasteiger partial charge in [0.05, 0.1) is 13.1 Å². The number of ether oxygens (including phenoxy) is 1. The van der Waals surface area contributed by atoms with Crippen LogP contribution in [0.25, 0.3) is 0 Å². The summed E-state index contributed by atoms with van der Waals surface area (Å²) < 4.78 is 5.00. The molecule has 1 N–H and O–H groups in total. The first kappa shape index (κ1) is 12.6. The van der Waals surface area contributed by atoms with Gasteiger partial charge < -0.3 is 4.74 Å². The van der Waals surface area contributed by atoms with Crippen molar-refractivity contribution in [2.45, 2.75) is 6.61 Å². The van der Waals surface area contributed by atoms with Crippen LogP contribution in [0.3, 0.4) is 0 Å². The van der Waals surface area contributed by atoms with E-state index >= 15 is 0 Å². The molecule has 0 heterocycles. The van der Waals surface area contributed by atoms with Gasteiger partial charge in [-0.2, -0.15) is 0 Å². The van der Waals surface area contributed by atoms with Crippen molar-refractivity contribution < 1.29 is 9.53 Å². The van der Waals surface area contributed by atoms with Gasteiger partial charge in [-0.15, -0.1) is 6.42 Å². The molecule has 84 valence electrons. The fourth-order valence-corrected chi connectivity index (χ4v) is 1.16. The van der Waals surface area contributed by atoms with Gasteiger partial charge in [-0.25, -0.2) is 0 Å². The molecule has 0 aromatic heterocycles. The Morgan fingerprint density at radius 1 is 1.44 bits per heavy atom. The molecule has 1 aromatic carbocycles. The summed E-state index contributed by atoms with van der Waals surface area (Å²) in [6.45, 7) is 0.724. The molecule has 1 rings (SSSR count). The standard InChI is InChI=1S/C12H12ClNO2/c1-2-7-14-8-12(15)16-9-10-3-5-11(13)6-4-10/h1,3-6,14H,7-9H2. The van der Waals surface area contributed by atoms with Crippen LogP contribution in [0.15, 0.2) is 24.3 Å². The minimum absolute atomic E-state index is 0.123. The first-order chi connectivity index (χ1) is 7.72. The molecule has 3 nitrogen and oxygen atoms in total. The Hall–Kier alpha value is -1.50. The van der Waals surface area contributed by atoms with Crippen molar-refractivity contribution in [2.75, 3.05) is 13.1 Å². The number of nitrogens with one attached hydrogen (secondary N) is 1. The molecule has 0 saturated carbocycles. The third kappa shape index (κ3) is 4.83. The molecule has 0 atom stereocenters. The van der Waals surface area contributed by atoms with Gasteiger partial charge in [0.15, 0.2) is 0 Å². The number of carbonyl (C=O) groups excluding carboxylic acids is 1. The fourth-order valence-electron chi connectivity index (χ4n) is 1.03. The second-order valence-corrected chi connectivity index (χ2v) is 3.53. The topological polar surface area (TPSA) is 38.3 Å². The van der Waals surface area contributed by atoms with Crippen molar-refractivity contribution in [2.24, 2.45) is 0 Å². The Labute approximate surface area is 99.7 Å². The molecule has 0 amide bonds. The number of hydrogen-bond donors (Lipinski definition) is 1. The summed E-state index contributed by atoms with van der Waals surface area (Å²) in [7, 11) is 0. The van der Waals surface area contributed by atoms with Gasteiger partial charge in [0, 0.05) is 5.02 Å². The summed E-state index contributed by atoms with van der Waals surface area (Å²) in [6, 6.07) is 7.12. The first-order valence-electron chi connectivity index (χ1n) is 4.76. The summed E-state index contributed by atoms with van der Waals surface area (Å²) in [6.07, 6.45) is 5.02. The van der Waals surface area contributed by atoms with Crippen molar-refractivity contribution in [1.29, 1.82) is 0 Å². The Balaban J connectivity index is 2.26. The summed E-state index contributed by atoms with van der Waals surface area (Å²) >= 11 is 5.72. The number of terminal acetylenes is 1. The van der Waals surface area contributed by atoms with Crippen LogP contribution < -0.4 is 5.32 Å². The molecule has 16 heavy (non-hydrogen) atoms. The maximum atomic E-state index is 11.2. The smallest absolute Gasteiger partial charge is 0.320 e. The highest BCUT2D eigenvalue weighted by atomic mass is 35.5. The van der Waals surface area contributed by atoms with Crippen molar-refractivity contribution in [3.8, 4) is 12.3 Å². The van der Waals surface area contributed by atoms with Crippen molar-refractivity contribution >= 4 is 17.6 Å². The Bertz CT molecular complexity index is 381. The number of rotatable bonds is 5. The maximum absolute atomic E-state index is 11.2. The molecule has 0 radical (unpaired) electrons. The lowest BCUT2D eigenvalue weighted by molar-refractivity contribution is -0.143. The van der Waals surface area contributed by atoms with Crippen LogP contribution in [0, 0.1) is 12.3 Å². The Morgan fingerprint density at radius 2 is 2.12 bits per heavy atom. The number of esters is 1. The highest BCUT2D eigenvalue weighted by Crippen LogP contribution is 2.10. The SMILES string of the molecule is C#CCNCC(=O)OCc1ccc(Cl)cc1. The van der Waals surface area contributed by atoms with Gasteiger partial charge in [0.2, 0.25) is 0 Å². The molecule has 0 aliphatic heterocycles. The highest BCUT2D eigenvalue weighted by Gasteiger charge is 2.01. The number of halogens is 1. The van der Waals surface area contributed by atoms with Crippen LogP contribution in [0.1, 0.15) is 5.56 Å². The Kier molecular flexibility index (Phi) is 5.41. The predicted molar refractivity (Wildman–Crippen MR) is 63.0 cm³/mol. The predicted octanol–water partition coefficient (Wildman–Crippen LogP) is 1.61. The monoisotopic (exact) mass is 237 g/mol. The van der Waals surface area contributed by atoms with E-state index in [0.29, 0.717) is 11.6 Å². The van der Waals surface area contributed by atoms with Crippen LogP contribution in [-0.2, 0) is 16.1 Å². The van der Waals surface area contributed by atoms with Gasteiger partial charge >= 0.3 is 5.97 Å². The molecule has 0 unspecified atom stereocenters. The van der Waals surface area contributed by atoms with Gasteiger partial charge in [-0.3, -0.25) is 10.1 Å². The minimum atomic E-state index is -0.329. The lowest BCUT2D eigenvalue weighted by Gasteiger charge is -2.04. The van der Waals surface area contributed by atoms with Gasteiger partial charge in [0.25, 0.3) is 0 Å². The van der Waals surface area contributed by atoms with E-state index in [9.17, 15) is 4.79 Å². The molecule has 0 spiro atoms. The zero-order valence-corrected chi connectivity index (χ0v) is 9.46. The zero-order valence-electron chi connectivity index (χ0n) is 8.70. The fraction of sp³-hybridized carbons (Fsp3) is 0.250. The molecule has 0 saturated heterocycles. The van der Waals surface area contributed by atoms with E-state index in [1.807, 2.05) is 12.1 Å². The lowest BCUT2D eigenvalue weighted by atomic mass is 10.2. The molecule has 1 aromatic rings. The van der Waals surface area contributed by atoms with E-state index in [1.165, 1.54) is 0 Å². The molecular weight excluding hydrogens is 226 g/mol. The highest BCUT2D eigenvalue weighted by molar-refractivity contribution is 6.30. The first-order valence-corrected chi connectivity index (χ1v) is 5.14. The second kappa shape index (κ2) is 6.89. The number of benzene rings is 1. The largest absolute Gasteiger partial charge is 0.460 e. The van der Waals surface area contributed by atoms with Crippen LogP contribution in [0.5, 0.6) is 0 Å². The molecule has 0 fully saturated rings. The molecule has 4 heteroatoms. The summed E-state index contributed by atoms with van der Waals surface area (Å²) in [5.41, 5.74) is 0.898. The van der Waals surface area contributed by atoms with Crippen LogP contribution >= 0.6 is 11.6 Å². The van der Waals surface area contributed by atoms with Crippen molar-refractivity contribution in [3.63, 3.8) is 0 Å². The lowest BCUT2D eigenvalue weighted by Crippen LogP contribution is -2.24. The van der Waals surface area contributed by atoms with Gasteiger partial charge in [0.1, 0.15) is 6.61 Å². The third-order valence-corrected chi connectivity index (χ3v) is 2.06. The summed E-state index contributed by atoms with van der Waals surface area (Å²) in [5, 5.41) is 3.41. The van der Waals surface area contributed by atoms with Gasteiger partial charge in [-0.05, 0) is 17.7 Å². The average molecular weight is 238 g/mol. The van der Waals surface area contributed by atoms with E-state index < -0.39 is 0 Å².